The lowest BCUT2D eigenvalue weighted by atomic mass is 9.89. The molecule has 0 aromatic carbocycles. The smallest absolute Gasteiger partial charge is 0.323 e. The molecule has 0 spiro atoms. The molecule has 98 valence electrons. The van der Waals surface area contributed by atoms with Crippen LogP contribution in [0.5, 0.6) is 0 Å². The van der Waals surface area contributed by atoms with Crippen LogP contribution in [0.25, 0.3) is 0 Å². The van der Waals surface area contributed by atoms with E-state index in [9.17, 15) is 4.79 Å². The summed E-state index contributed by atoms with van der Waals surface area (Å²) in [7, 11) is 1.46. The van der Waals surface area contributed by atoms with Crippen molar-refractivity contribution in [2.45, 2.75) is 50.6 Å². The number of nitrogens with zero attached hydrogens (tertiary/aromatic N) is 1. The van der Waals surface area contributed by atoms with Gasteiger partial charge in [-0.2, -0.15) is 0 Å². The predicted molar refractivity (Wildman–Crippen MR) is 66.5 cm³/mol. The van der Waals surface area contributed by atoms with Gasteiger partial charge in [0, 0.05) is 19.1 Å². The first-order chi connectivity index (χ1) is 8.20. The van der Waals surface area contributed by atoms with Gasteiger partial charge in [-0.05, 0) is 25.2 Å². The van der Waals surface area contributed by atoms with Gasteiger partial charge < -0.3 is 10.5 Å². The molecule has 0 aromatic heterocycles. The van der Waals surface area contributed by atoms with Gasteiger partial charge in [-0.25, -0.2) is 0 Å². The van der Waals surface area contributed by atoms with E-state index in [1.165, 1.54) is 39.2 Å². The maximum absolute atomic E-state index is 11.7. The minimum absolute atomic E-state index is 0.100. The first-order valence-electron chi connectivity index (χ1n) is 6.78. The largest absolute Gasteiger partial charge is 0.468 e. The minimum Gasteiger partial charge on any atom is -0.468 e. The molecule has 0 radical (unpaired) electrons. The number of carbonyl (C=O) groups is 1. The van der Waals surface area contributed by atoms with Gasteiger partial charge in [0.25, 0.3) is 0 Å². The van der Waals surface area contributed by atoms with Gasteiger partial charge in [0.05, 0.1) is 7.11 Å². The van der Waals surface area contributed by atoms with Crippen LogP contribution in [-0.2, 0) is 9.53 Å². The number of carbonyl (C=O) groups excluding carboxylic acids is 1. The summed E-state index contributed by atoms with van der Waals surface area (Å²) in [6.45, 7) is 1.86. The molecule has 0 amide bonds. The van der Waals surface area contributed by atoms with E-state index in [2.05, 4.69) is 4.90 Å². The third-order valence-corrected chi connectivity index (χ3v) is 4.13. The Morgan fingerprint density at radius 1 is 1.35 bits per heavy atom. The van der Waals surface area contributed by atoms with E-state index in [4.69, 9.17) is 10.5 Å². The molecule has 2 rings (SSSR count). The van der Waals surface area contributed by atoms with Gasteiger partial charge >= 0.3 is 5.97 Å². The van der Waals surface area contributed by atoms with Crippen LogP contribution in [-0.4, -0.2) is 43.2 Å². The highest BCUT2D eigenvalue weighted by molar-refractivity contribution is 5.76. The summed E-state index contributed by atoms with van der Waals surface area (Å²) in [6.07, 6.45) is 7.41. The van der Waals surface area contributed by atoms with E-state index in [1.54, 1.807) is 0 Å². The second-order valence-electron chi connectivity index (χ2n) is 5.49. The number of esters is 1. The summed E-state index contributed by atoms with van der Waals surface area (Å²) in [5.74, 6) is 0.634. The minimum atomic E-state index is -0.117. The van der Waals surface area contributed by atoms with Crippen molar-refractivity contribution in [2.24, 2.45) is 11.7 Å². The van der Waals surface area contributed by atoms with Crippen molar-refractivity contribution < 1.29 is 9.53 Å². The molecule has 2 atom stereocenters. The lowest BCUT2D eigenvalue weighted by molar-refractivity contribution is -0.146. The Kier molecular flexibility index (Phi) is 4.40. The van der Waals surface area contributed by atoms with Crippen molar-refractivity contribution in [2.75, 3.05) is 20.2 Å². The van der Waals surface area contributed by atoms with Crippen molar-refractivity contribution in [1.82, 2.24) is 4.90 Å². The van der Waals surface area contributed by atoms with Crippen LogP contribution in [0.15, 0.2) is 0 Å². The number of methoxy groups -OCH3 is 1. The summed E-state index contributed by atoms with van der Waals surface area (Å²) in [5, 5.41) is 0. The second-order valence-corrected chi connectivity index (χ2v) is 5.49. The van der Waals surface area contributed by atoms with Crippen LogP contribution in [0.1, 0.15) is 38.5 Å². The fourth-order valence-electron chi connectivity index (χ4n) is 3.22. The fourth-order valence-corrected chi connectivity index (χ4v) is 3.22. The fraction of sp³-hybridized carbons (Fsp3) is 0.923. The molecular weight excluding hydrogens is 216 g/mol. The van der Waals surface area contributed by atoms with Crippen LogP contribution < -0.4 is 5.73 Å². The van der Waals surface area contributed by atoms with E-state index < -0.39 is 0 Å². The average Bonchev–Trinajstić information content (AvgIpc) is 2.70. The van der Waals surface area contributed by atoms with E-state index >= 15 is 0 Å². The van der Waals surface area contributed by atoms with Gasteiger partial charge in [0.15, 0.2) is 0 Å². The Morgan fingerprint density at radius 3 is 2.71 bits per heavy atom. The molecule has 0 unspecified atom stereocenters. The quantitative estimate of drug-likeness (QED) is 0.752. The molecule has 4 nitrogen and oxygen atoms in total. The highest BCUT2D eigenvalue weighted by Gasteiger charge is 2.36. The zero-order valence-corrected chi connectivity index (χ0v) is 10.7. The van der Waals surface area contributed by atoms with E-state index in [-0.39, 0.29) is 18.1 Å². The predicted octanol–water partition coefficient (Wildman–Crippen LogP) is 1.14. The molecular formula is C13H24N2O2. The van der Waals surface area contributed by atoms with E-state index in [0.717, 1.165) is 25.4 Å². The van der Waals surface area contributed by atoms with Crippen LogP contribution in [0.4, 0.5) is 0 Å². The normalized spacial score (nSPS) is 31.6. The molecule has 17 heavy (non-hydrogen) atoms. The summed E-state index contributed by atoms with van der Waals surface area (Å²) >= 11 is 0. The third-order valence-electron chi connectivity index (χ3n) is 4.13. The molecule has 1 aliphatic heterocycles. The standard InChI is InChI=1S/C13H24N2O2/c1-17-13(16)12-7-11(14)9-15(12)8-10-5-3-2-4-6-10/h10-12H,2-9,14H2,1H3/t11-,12+/m1/s1. The van der Waals surface area contributed by atoms with Crippen LogP contribution in [0, 0.1) is 5.92 Å². The number of nitrogens with two attached hydrogens (primary N) is 1. The number of ether oxygens (including phenoxy) is 1. The average molecular weight is 240 g/mol. The topological polar surface area (TPSA) is 55.6 Å². The summed E-state index contributed by atoms with van der Waals surface area (Å²) in [6, 6.07) is 0.0274. The zero-order valence-electron chi connectivity index (χ0n) is 10.7. The molecule has 4 heteroatoms. The van der Waals surface area contributed by atoms with Crippen molar-refractivity contribution >= 4 is 5.97 Å². The lowest BCUT2D eigenvalue weighted by Crippen LogP contribution is -2.40. The third kappa shape index (κ3) is 3.19. The van der Waals surface area contributed by atoms with Crippen LogP contribution in [0.3, 0.4) is 0 Å². The Morgan fingerprint density at radius 2 is 2.06 bits per heavy atom. The Labute approximate surface area is 103 Å². The van der Waals surface area contributed by atoms with Gasteiger partial charge in [0.2, 0.25) is 0 Å². The SMILES string of the molecule is COC(=O)[C@@H]1C[C@@H](N)CN1CC1CCCCC1. The molecule has 1 heterocycles. The number of hydrogen-bond donors (Lipinski definition) is 1. The molecule has 1 saturated carbocycles. The highest BCUT2D eigenvalue weighted by Crippen LogP contribution is 2.27. The van der Waals surface area contributed by atoms with Gasteiger partial charge in [-0.3, -0.25) is 9.69 Å². The molecule has 2 fully saturated rings. The van der Waals surface area contributed by atoms with Gasteiger partial charge in [-0.1, -0.05) is 19.3 Å². The first kappa shape index (κ1) is 12.8. The van der Waals surface area contributed by atoms with Crippen LogP contribution in [0.2, 0.25) is 0 Å². The van der Waals surface area contributed by atoms with Crippen molar-refractivity contribution in [1.29, 1.82) is 0 Å². The molecule has 0 aromatic rings. The highest BCUT2D eigenvalue weighted by atomic mass is 16.5. The second kappa shape index (κ2) is 5.83. The van der Waals surface area contributed by atoms with E-state index in [1.807, 2.05) is 0 Å². The Hall–Kier alpha value is -0.610. The zero-order chi connectivity index (χ0) is 12.3. The lowest BCUT2D eigenvalue weighted by Gasteiger charge is -2.29. The Balaban J connectivity index is 1.90. The summed E-state index contributed by atoms with van der Waals surface area (Å²) < 4.78 is 4.87. The molecule has 0 bridgehead atoms. The first-order valence-corrected chi connectivity index (χ1v) is 6.78. The maximum Gasteiger partial charge on any atom is 0.323 e. The van der Waals surface area contributed by atoms with Crippen molar-refractivity contribution in [3.05, 3.63) is 0 Å². The summed E-state index contributed by atoms with van der Waals surface area (Å²) in [5.41, 5.74) is 5.96. The maximum atomic E-state index is 11.7. The molecule has 2 N–H and O–H groups in total. The number of hydrogen-bond acceptors (Lipinski definition) is 4. The van der Waals surface area contributed by atoms with Crippen molar-refractivity contribution in [3.63, 3.8) is 0 Å². The number of rotatable bonds is 3. The van der Waals surface area contributed by atoms with Gasteiger partial charge in [0.1, 0.15) is 6.04 Å². The van der Waals surface area contributed by atoms with Crippen LogP contribution >= 0.6 is 0 Å². The summed E-state index contributed by atoms with van der Waals surface area (Å²) in [4.78, 5) is 13.9. The Bertz CT molecular complexity index is 264. The number of likely N-dealkylation sites (tertiary alicyclic amines) is 1. The van der Waals surface area contributed by atoms with Gasteiger partial charge in [-0.15, -0.1) is 0 Å². The van der Waals surface area contributed by atoms with Crippen molar-refractivity contribution in [3.8, 4) is 0 Å². The monoisotopic (exact) mass is 240 g/mol. The molecule has 1 saturated heterocycles. The molecule has 2 aliphatic rings. The molecule has 1 aliphatic carbocycles. The van der Waals surface area contributed by atoms with E-state index in [0.29, 0.717) is 0 Å².